The molecule has 0 aliphatic rings. The van der Waals surface area contributed by atoms with Gasteiger partial charge in [0, 0.05) is 6.07 Å². The highest BCUT2D eigenvalue weighted by atomic mass is 32.2. The van der Waals surface area contributed by atoms with E-state index in [4.69, 9.17) is 14.6 Å². The van der Waals surface area contributed by atoms with Gasteiger partial charge in [-0.3, -0.25) is 4.79 Å². The Bertz CT molecular complexity index is 611. The molecule has 2 N–H and O–H groups in total. The van der Waals surface area contributed by atoms with Crippen LogP contribution in [-0.2, 0) is 14.8 Å². The molecule has 0 fully saturated rings. The Morgan fingerprint density at radius 2 is 1.86 bits per heavy atom. The number of benzene rings is 1. The molecule has 0 unspecified atom stereocenters. The number of carboxylic acid groups (broad SMARTS) is 1. The van der Waals surface area contributed by atoms with Crippen molar-refractivity contribution < 1.29 is 27.8 Å². The molecule has 0 aliphatic carbocycles. The highest BCUT2D eigenvalue weighted by Crippen LogP contribution is 2.28. The molecule has 0 amide bonds. The maximum atomic E-state index is 12.3. The Morgan fingerprint density at radius 1 is 1.24 bits per heavy atom. The summed E-state index contributed by atoms with van der Waals surface area (Å²) < 4.78 is 36.9. The van der Waals surface area contributed by atoms with Crippen molar-refractivity contribution in [3.05, 3.63) is 18.2 Å². The molecule has 0 saturated carbocycles. The van der Waals surface area contributed by atoms with Crippen LogP contribution in [0.1, 0.15) is 13.8 Å². The molecule has 0 radical (unpaired) electrons. The first kappa shape index (κ1) is 17.3. The van der Waals surface area contributed by atoms with E-state index in [0.29, 0.717) is 5.75 Å². The maximum Gasteiger partial charge on any atom is 0.322 e. The maximum absolute atomic E-state index is 12.3. The van der Waals surface area contributed by atoms with Crippen LogP contribution in [0.15, 0.2) is 23.1 Å². The van der Waals surface area contributed by atoms with Crippen molar-refractivity contribution in [1.82, 2.24) is 4.72 Å². The van der Waals surface area contributed by atoms with Crippen molar-refractivity contribution in [3.8, 4) is 11.5 Å². The normalized spacial score (nSPS) is 13.0. The zero-order valence-electron chi connectivity index (χ0n) is 12.3. The fourth-order valence-electron chi connectivity index (χ4n) is 1.70. The Labute approximate surface area is 123 Å². The Kier molecular flexibility index (Phi) is 5.56. The highest BCUT2D eigenvalue weighted by Gasteiger charge is 2.29. The third-order valence-corrected chi connectivity index (χ3v) is 4.36. The van der Waals surface area contributed by atoms with Gasteiger partial charge in [0.05, 0.1) is 14.2 Å². The van der Waals surface area contributed by atoms with E-state index in [9.17, 15) is 13.2 Å². The molecular weight excluding hydrogens is 298 g/mol. The van der Waals surface area contributed by atoms with E-state index >= 15 is 0 Å². The number of nitrogens with one attached hydrogen (secondary N) is 1. The van der Waals surface area contributed by atoms with E-state index < -0.39 is 28.0 Å². The van der Waals surface area contributed by atoms with Crippen LogP contribution in [-0.4, -0.2) is 39.8 Å². The molecule has 1 rings (SSSR count). The number of ether oxygens (including phenoxy) is 2. The molecule has 0 heterocycles. The summed E-state index contributed by atoms with van der Waals surface area (Å²) in [5, 5.41) is 9.08. The summed E-state index contributed by atoms with van der Waals surface area (Å²) in [6, 6.07) is 2.96. The third-order valence-electron chi connectivity index (χ3n) is 2.88. The van der Waals surface area contributed by atoms with Crippen molar-refractivity contribution in [2.45, 2.75) is 24.8 Å². The number of rotatable bonds is 7. The minimum Gasteiger partial charge on any atom is -0.497 e. The van der Waals surface area contributed by atoms with Crippen LogP contribution in [0, 0.1) is 5.92 Å². The average Bonchev–Trinajstić information content (AvgIpc) is 2.43. The molecule has 0 spiro atoms. The fourth-order valence-corrected chi connectivity index (χ4v) is 3.19. The summed E-state index contributed by atoms with van der Waals surface area (Å²) in [6.45, 7) is 3.24. The molecule has 0 saturated heterocycles. The third kappa shape index (κ3) is 4.08. The standard InChI is InChI=1S/C13H19NO6S/c1-8(2)12(13(15)16)14-21(17,18)11-6-5-9(19-3)7-10(11)20-4/h5-8,12,14H,1-4H3,(H,15,16)/t12-/m1/s1. The summed E-state index contributed by atoms with van der Waals surface area (Å²) in [6.07, 6.45) is 0. The van der Waals surface area contributed by atoms with Crippen LogP contribution in [0.3, 0.4) is 0 Å². The molecule has 1 atom stereocenters. The first-order valence-corrected chi connectivity index (χ1v) is 7.68. The van der Waals surface area contributed by atoms with Gasteiger partial charge in [0.25, 0.3) is 0 Å². The zero-order chi connectivity index (χ0) is 16.2. The lowest BCUT2D eigenvalue weighted by atomic mass is 10.1. The highest BCUT2D eigenvalue weighted by molar-refractivity contribution is 7.89. The summed E-state index contributed by atoms with van der Waals surface area (Å²) in [5.74, 6) is -1.12. The number of carbonyl (C=O) groups is 1. The van der Waals surface area contributed by atoms with Gasteiger partial charge in [-0.1, -0.05) is 13.8 Å². The molecule has 8 heteroatoms. The van der Waals surface area contributed by atoms with E-state index in [1.165, 1.54) is 32.4 Å². The molecule has 1 aromatic carbocycles. The number of carboxylic acids is 1. The predicted octanol–water partition coefficient (Wildman–Crippen LogP) is 1.09. The lowest BCUT2D eigenvalue weighted by Gasteiger charge is -2.19. The van der Waals surface area contributed by atoms with E-state index in [1.54, 1.807) is 13.8 Å². The Hall–Kier alpha value is -1.80. The van der Waals surface area contributed by atoms with Crippen LogP contribution >= 0.6 is 0 Å². The number of aliphatic carboxylic acids is 1. The second kappa shape index (κ2) is 6.77. The minimum atomic E-state index is -4.03. The van der Waals surface area contributed by atoms with Crippen molar-refractivity contribution in [1.29, 1.82) is 0 Å². The lowest BCUT2D eigenvalue weighted by Crippen LogP contribution is -2.44. The van der Waals surface area contributed by atoms with Crippen molar-refractivity contribution in [2.75, 3.05) is 14.2 Å². The van der Waals surface area contributed by atoms with Gasteiger partial charge in [-0.25, -0.2) is 8.42 Å². The zero-order valence-corrected chi connectivity index (χ0v) is 13.1. The van der Waals surface area contributed by atoms with Gasteiger partial charge in [0.2, 0.25) is 10.0 Å². The number of hydrogen-bond acceptors (Lipinski definition) is 5. The summed E-state index contributed by atoms with van der Waals surface area (Å²) in [7, 11) is -1.26. The smallest absolute Gasteiger partial charge is 0.322 e. The summed E-state index contributed by atoms with van der Waals surface area (Å²) in [4.78, 5) is 11.0. The SMILES string of the molecule is COc1ccc(S(=O)(=O)N[C@@H](C(=O)O)C(C)C)c(OC)c1. The van der Waals surface area contributed by atoms with E-state index in [0.717, 1.165) is 0 Å². The largest absolute Gasteiger partial charge is 0.497 e. The van der Waals surface area contributed by atoms with Gasteiger partial charge in [-0.2, -0.15) is 4.72 Å². The minimum absolute atomic E-state index is 0.0785. The van der Waals surface area contributed by atoms with Gasteiger partial charge in [-0.05, 0) is 18.1 Å². The van der Waals surface area contributed by atoms with E-state index in [2.05, 4.69) is 4.72 Å². The fraction of sp³-hybridized carbons (Fsp3) is 0.462. The van der Waals surface area contributed by atoms with Gasteiger partial charge < -0.3 is 14.6 Å². The number of hydrogen-bond donors (Lipinski definition) is 2. The second-order valence-corrected chi connectivity index (χ2v) is 6.38. The van der Waals surface area contributed by atoms with Gasteiger partial charge >= 0.3 is 5.97 Å². The van der Waals surface area contributed by atoms with Gasteiger partial charge in [0.15, 0.2) is 0 Å². The molecule has 21 heavy (non-hydrogen) atoms. The van der Waals surface area contributed by atoms with Crippen LogP contribution in [0.25, 0.3) is 0 Å². The first-order valence-electron chi connectivity index (χ1n) is 6.20. The predicted molar refractivity (Wildman–Crippen MR) is 76.1 cm³/mol. The lowest BCUT2D eigenvalue weighted by molar-refractivity contribution is -0.140. The van der Waals surface area contributed by atoms with Crippen molar-refractivity contribution in [2.24, 2.45) is 5.92 Å². The van der Waals surface area contributed by atoms with Gasteiger partial charge in [-0.15, -0.1) is 0 Å². The molecular formula is C13H19NO6S. The van der Waals surface area contributed by atoms with E-state index in [1.807, 2.05) is 0 Å². The summed E-state index contributed by atoms with van der Waals surface area (Å²) in [5.41, 5.74) is 0. The average molecular weight is 317 g/mol. The monoisotopic (exact) mass is 317 g/mol. The molecule has 0 aromatic heterocycles. The Balaban J connectivity index is 3.21. The Morgan fingerprint density at radius 3 is 2.29 bits per heavy atom. The van der Waals surface area contributed by atoms with Crippen LogP contribution in [0.4, 0.5) is 0 Å². The summed E-state index contributed by atoms with van der Waals surface area (Å²) >= 11 is 0. The van der Waals surface area contributed by atoms with Crippen LogP contribution in [0.5, 0.6) is 11.5 Å². The number of sulfonamides is 1. The van der Waals surface area contributed by atoms with Crippen molar-refractivity contribution >= 4 is 16.0 Å². The number of methoxy groups -OCH3 is 2. The molecule has 0 aliphatic heterocycles. The molecule has 0 bridgehead atoms. The first-order chi connectivity index (χ1) is 9.72. The molecule has 118 valence electrons. The molecule has 7 nitrogen and oxygen atoms in total. The second-order valence-electron chi connectivity index (χ2n) is 4.70. The topological polar surface area (TPSA) is 102 Å². The molecule has 1 aromatic rings. The van der Waals surface area contributed by atoms with Crippen molar-refractivity contribution in [3.63, 3.8) is 0 Å². The van der Waals surface area contributed by atoms with Crippen LogP contribution < -0.4 is 14.2 Å². The van der Waals surface area contributed by atoms with Gasteiger partial charge in [0.1, 0.15) is 22.4 Å². The van der Waals surface area contributed by atoms with E-state index in [-0.39, 0.29) is 10.6 Å². The van der Waals surface area contributed by atoms with Crippen LogP contribution in [0.2, 0.25) is 0 Å². The quantitative estimate of drug-likeness (QED) is 0.780.